The van der Waals surface area contributed by atoms with Crippen LogP contribution in [0.1, 0.15) is 43.6 Å². The predicted molar refractivity (Wildman–Crippen MR) is 135 cm³/mol. The molecule has 6 unspecified atom stereocenters. The van der Waals surface area contributed by atoms with Crippen LogP contribution in [0.3, 0.4) is 0 Å². The molecule has 0 radical (unpaired) electrons. The smallest absolute Gasteiger partial charge is 0.348 e. The van der Waals surface area contributed by atoms with E-state index >= 15 is 0 Å². The molecule has 1 aliphatic rings. The molecule has 6 atom stereocenters. The minimum Gasteiger partial charge on any atom is -0.507 e. The summed E-state index contributed by atoms with van der Waals surface area (Å²) >= 11 is 0. The molecule has 4 N–H and O–H groups in total. The van der Waals surface area contributed by atoms with Crippen LogP contribution in [0.25, 0.3) is 0 Å². The number of aliphatic hydroxyl groups excluding tert-OH is 1. The number of amides is 2. The Morgan fingerprint density at radius 3 is 2.42 bits per heavy atom. The SMILES string of the molecule is CC(C)C1OC(=O)C(C)C(O)C(Cc2cccnc2)NC(=O)C(NC(=O)c2ccccc2O)C(C)OC1=O. The van der Waals surface area contributed by atoms with Gasteiger partial charge in [-0.3, -0.25) is 19.4 Å². The van der Waals surface area contributed by atoms with Crippen molar-refractivity contribution >= 4 is 23.8 Å². The zero-order valence-corrected chi connectivity index (χ0v) is 21.7. The Labute approximate surface area is 220 Å². The molecule has 2 aromatic rings. The average molecular weight is 528 g/mol. The minimum absolute atomic E-state index is 0.0838. The van der Waals surface area contributed by atoms with Gasteiger partial charge in [0.2, 0.25) is 12.0 Å². The number of phenols is 1. The monoisotopic (exact) mass is 527 g/mol. The second-order valence-electron chi connectivity index (χ2n) is 9.67. The molecule has 0 saturated carbocycles. The summed E-state index contributed by atoms with van der Waals surface area (Å²) in [6.45, 7) is 6.16. The van der Waals surface area contributed by atoms with Gasteiger partial charge in [0.1, 0.15) is 17.9 Å². The van der Waals surface area contributed by atoms with E-state index in [0.717, 1.165) is 0 Å². The summed E-state index contributed by atoms with van der Waals surface area (Å²) in [7, 11) is 0. The molecule has 1 saturated heterocycles. The van der Waals surface area contributed by atoms with E-state index in [1.807, 2.05) is 0 Å². The Morgan fingerprint density at radius 1 is 1.08 bits per heavy atom. The van der Waals surface area contributed by atoms with Crippen molar-refractivity contribution in [3.63, 3.8) is 0 Å². The highest BCUT2D eigenvalue weighted by Crippen LogP contribution is 2.21. The summed E-state index contributed by atoms with van der Waals surface area (Å²) in [5, 5.41) is 26.4. The maximum absolute atomic E-state index is 13.5. The third-order valence-corrected chi connectivity index (χ3v) is 6.37. The third kappa shape index (κ3) is 6.86. The van der Waals surface area contributed by atoms with Gasteiger partial charge in [-0.1, -0.05) is 32.0 Å². The predicted octanol–water partition coefficient (Wildman–Crippen LogP) is 1.12. The number of pyridine rings is 1. The standard InChI is InChI=1S/C27H33N3O8/c1-14(2)23-27(36)37-16(4)21(30-24(33)18-9-5-6-10-20(18)31)25(34)29-19(12-17-8-7-11-28-13-17)22(32)15(3)26(35)38-23/h5-11,13-16,19,21-23,31-32H,12H2,1-4H3,(H,29,34)(H,30,33). The van der Waals surface area contributed by atoms with Crippen LogP contribution in [-0.4, -0.2) is 69.3 Å². The van der Waals surface area contributed by atoms with E-state index in [-0.39, 0.29) is 17.7 Å². The summed E-state index contributed by atoms with van der Waals surface area (Å²) in [6, 6.07) is 6.83. The second kappa shape index (κ2) is 12.5. The number of esters is 2. The van der Waals surface area contributed by atoms with Crippen molar-refractivity contribution in [3.05, 3.63) is 59.9 Å². The molecule has 1 aromatic heterocycles. The van der Waals surface area contributed by atoms with Crippen molar-refractivity contribution in [1.29, 1.82) is 0 Å². The summed E-state index contributed by atoms with van der Waals surface area (Å²) in [6.07, 6.45) is -0.653. The van der Waals surface area contributed by atoms with Gasteiger partial charge in [-0.05, 0) is 44.0 Å². The van der Waals surface area contributed by atoms with Crippen molar-refractivity contribution in [2.75, 3.05) is 0 Å². The lowest BCUT2D eigenvalue weighted by Gasteiger charge is -2.33. The minimum atomic E-state index is -1.41. The van der Waals surface area contributed by atoms with E-state index in [4.69, 9.17) is 9.47 Å². The van der Waals surface area contributed by atoms with Crippen LogP contribution >= 0.6 is 0 Å². The van der Waals surface area contributed by atoms with E-state index in [0.29, 0.717) is 5.56 Å². The van der Waals surface area contributed by atoms with Crippen LogP contribution in [0.15, 0.2) is 48.8 Å². The van der Waals surface area contributed by atoms with Crippen molar-refractivity contribution in [1.82, 2.24) is 15.6 Å². The van der Waals surface area contributed by atoms with Gasteiger partial charge in [-0.2, -0.15) is 0 Å². The molecule has 11 heteroatoms. The molecule has 204 valence electrons. The normalized spacial score (nSPS) is 26.8. The second-order valence-corrected chi connectivity index (χ2v) is 9.67. The molecule has 3 rings (SSSR count). The first-order valence-corrected chi connectivity index (χ1v) is 12.4. The lowest BCUT2D eigenvalue weighted by atomic mass is 9.92. The Hall–Kier alpha value is -3.99. The number of ether oxygens (including phenoxy) is 2. The fourth-order valence-electron chi connectivity index (χ4n) is 4.08. The fourth-order valence-corrected chi connectivity index (χ4v) is 4.08. The van der Waals surface area contributed by atoms with Gasteiger partial charge in [-0.15, -0.1) is 0 Å². The highest BCUT2D eigenvalue weighted by Gasteiger charge is 2.40. The number of aromatic nitrogens is 1. The molecule has 38 heavy (non-hydrogen) atoms. The van der Waals surface area contributed by atoms with Gasteiger partial charge < -0.3 is 30.3 Å². The van der Waals surface area contributed by atoms with Crippen molar-refractivity contribution in [3.8, 4) is 5.75 Å². The highest BCUT2D eigenvalue weighted by atomic mass is 16.6. The van der Waals surface area contributed by atoms with E-state index in [2.05, 4.69) is 15.6 Å². The van der Waals surface area contributed by atoms with Crippen molar-refractivity contribution < 1.29 is 38.9 Å². The molecular formula is C27H33N3O8. The number of cyclic esters (lactones) is 2. The van der Waals surface area contributed by atoms with Crippen LogP contribution in [0.2, 0.25) is 0 Å². The first-order chi connectivity index (χ1) is 18.0. The molecule has 2 amide bonds. The van der Waals surface area contributed by atoms with E-state index in [1.165, 1.54) is 32.0 Å². The molecule has 1 aliphatic heterocycles. The Balaban J connectivity index is 1.99. The zero-order chi connectivity index (χ0) is 28.0. The quantitative estimate of drug-likeness (QED) is 0.417. The molecule has 1 fully saturated rings. The number of nitrogens with one attached hydrogen (secondary N) is 2. The molecule has 0 bridgehead atoms. The van der Waals surface area contributed by atoms with Crippen LogP contribution in [0, 0.1) is 11.8 Å². The number of aliphatic hydroxyl groups is 1. The number of nitrogens with zero attached hydrogens (tertiary/aromatic N) is 1. The summed E-state index contributed by atoms with van der Waals surface area (Å²) in [5.74, 6) is -5.14. The zero-order valence-electron chi connectivity index (χ0n) is 21.7. The number of para-hydroxylation sites is 1. The lowest BCUT2D eigenvalue weighted by molar-refractivity contribution is -0.180. The number of carbonyl (C=O) groups excluding carboxylic acids is 4. The van der Waals surface area contributed by atoms with Crippen LogP contribution in [0.5, 0.6) is 5.75 Å². The van der Waals surface area contributed by atoms with E-state index in [1.54, 1.807) is 44.4 Å². The maximum atomic E-state index is 13.5. The first kappa shape index (κ1) is 28.6. The molecule has 2 heterocycles. The fraction of sp³-hybridized carbons (Fsp3) is 0.444. The Kier molecular flexibility index (Phi) is 9.40. The van der Waals surface area contributed by atoms with Crippen LogP contribution in [0.4, 0.5) is 0 Å². The Morgan fingerprint density at radius 2 is 1.79 bits per heavy atom. The van der Waals surface area contributed by atoms with E-state index in [9.17, 15) is 29.4 Å². The van der Waals surface area contributed by atoms with Gasteiger partial charge in [0.15, 0.2) is 0 Å². The van der Waals surface area contributed by atoms with Crippen molar-refractivity contribution in [2.24, 2.45) is 11.8 Å². The molecule has 11 nitrogen and oxygen atoms in total. The lowest BCUT2D eigenvalue weighted by Crippen LogP contribution is -2.59. The highest BCUT2D eigenvalue weighted by molar-refractivity contribution is 5.99. The summed E-state index contributed by atoms with van der Waals surface area (Å²) < 4.78 is 10.9. The number of carbonyl (C=O) groups is 4. The first-order valence-electron chi connectivity index (χ1n) is 12.4. The molecule has 0 aliphatic carbocycles. The molecular weight excluding hydrogens is 494 g/mol. The number of aromatic hydroxyl groups is 1. The number of hydrogen-bond donors (Lipinski definition) is 4. The molecule has 0 spiro atoms. The van der Waals surface area contributed by atoms with Gasteiger partial charge in [0.05, 0.1) is 23.6 Å². The van der Waals surface area contributed by atoms with Gasteiger partial charge in [-0.25, -0.2) is 4.79 Å². The summed E-state index contributed by atoms with van der Waals surface area (Å²) in [4.78, 5) is 56.3. The topological polar surface area (TPSA) is 164 Å². The van der Waals surface area contributed by atoms with Gasteiger partial charge >= 0.3 is 11.9 Å². The average Bonchev–Trinajstić information content (AvgIpc) is 2.88. The summed E-state index contributed by atoms with van der Waals surface area (Å²) in [5.41, 5.74) is 0.596. The number of phenolic OH excluding ortho intramolecular Hbond substituents is 1. The van der Waals surface area contributed by atoms with E-state index < -0.39 is 66.0 Å². The number of hydrogen-bond acceptors (Lipinski definition) is 9. The molecule has 1 aromatic carbocycles. The van der Waals surface area contributed by atoms with Crippen LogP contribution < -0.4 is 10.6 Å². The Bertz CT molecular complexity index is 1160. The third-order valence-electron chi connectivity index (χ3n) is 6.37. The largest absolute Gasteiger partial charge is 0.507 e. The van der Waals surface area contributed by atoms with Crippen molar-refractivity contribution in [2.45, 2.75) is 64.5 Å². The maximum Gasteiger partial charge on any atom is 0.348 e. The van der Waals surface area contributed by atoms with Gasteiger partial charge in [0, 0.05) is 18.3 Å². The van der Waals surface area contributed by atoms with Gasteiger partial charge in [0.25, 0.3) is 5.91 Å². The number of rotatable bonds is 5. The van der Waals surface area contributed by atoms with Crippen LogP contribution in [-0.2, 0) is 30.3 Å². The number of benzene rings is 1.